The van der Waals surface area contributed by atoms with Crippen molar-refractivity contribution >= 4 is 34.2 Å². The van der Waals surface area contributed by atoms with Crippen LogP contribution in [0.25, 0.3) is 0 Å². The highest BCUT2D eigenvalue weighted by atomic mass is 35.5. The van der Waals surface area contributed by atoms with Crippen molar-refractivity contribution in [2.24, 2.45) is 0 Å². The van der Waals surface area contributed by atoms with Crippen LogP contribution in [0.3, 0.4) is 0 Å². The highest BCUT2D eigenvalue weighted by Gasteiger charge is 2.38. The lowest BCUT2D eigenvalue weighted by Gasteiger charge is -2.34. The van der Waals surface area contributed by atoms with Crippen LogP contribution in [0.1, 0.15) is 40.0 Å². The number of carbonyl (C=O) groups is 2. The van der Waals surface area contributed by atoms with Crippen molar-refractivity contribution in [2.75, 3.05) is 40.4 Å². The third-order valence-corrected chi connectivity index (χ3v) is 7.83. The Morgan fingerprint density at radius 1 is 1.19 bits per heavy atom. The summed E-state index contributed by atoms with van der Waals surface area (Å²) in [5.41, 5.74) is 0.869. The van der Waals surface area contributed by atoms with Crippen LogP contribution in [0.5, 0.6) is 5.75 Å². The number of amides is 2. The number of nitrogens with one attached hydrogen (secondary N) is 2. The number of methoxy groups -OCH3 is 1. The number of hydrogen-bond acceptors (Lipinski definition) is 8. The molecule has 11 nitrogen and oxygen atoms in total. The number of benzene rings is 1. The van der Waals surface area contributed by atoms with Crippen molar-refractivity contribution in [1.82, 2.24) is 20.0 Å². The van der Waals surface area contributed by atoms with Crippen LogP contribution in [0.4, 0.5) is 0 Å². The number of likely N-dealkylation sites (tertiary alicyclic amines) is 1. The van der Waals surface area contributed by atoms with E-state index in [1.54, 1.807) is 25.7 Å². The second-order valence-corrected chi connectivity index (χ2v) is 11.3. The Morgan fingerprint density at radius 2 is 1.78 bits per heavy atom. The number of halogens is 1. The molecular formula is C23H39ClN4O7S. The van der Waals surface area contributed by atoms with Gasteiger partial charge in [0.05, 0.1) is 24.2 Å². The van der Waals surface area contributed by atoms with Crippen LogP contribution < -0.4 is 15.5 Å². The zero-order chi connectivity index (χ0) is 26.2. The molecule has 1 aromatic carbocycles. The number of rotatable bonds is 11. The fourth-order valence-corrected chi connectivity index (χ4v) is 5.38. The first kappa shape index (κ1) is 32.1. The molecule has 3 N–H and O–H groups in total. The van der Waals surface area contributed by atoms with Crippen LogP contribution in [-0.4, -0.2) is 92.7 Å². The minimum absolute atomic E-state index is 0. The van der Waals surface area contributed by atoms with Crippen molar-refractivity contribution in [2.45, 2.75) is 62.6 Å². The molecule has 206 valence electrons. The first-order valence-corrected chi connectivity index (χ1v) is 13.1. The summed E-state index contributed by atoms with van der Waals surface area (Å²) < 4.78 is 39.0. The molecule has 0 aromatic heterocycles. The average Bonchev–Trinajstić information content (AvgIpc) is 2.84. The summed E-state index contributed by atoms with van der Waals surface area (Å²) in [5.74, 6) is -0.681. The minimum atomic E-state index is -4.24. The normalized spacial score (nSPS) is 15.8. The van der Waals surface area contributed by atoms with E-state index in [1.807, 2.05) is 7.05 Å². The molecular weight excluding hydrogens is 512 g/mol. The van der Waals surface area contributed by atoms with Gasteiger partial charge in [0.1, 0.15) is 11.8 Å². The topological polar surface area (TPSA) is 138 Å². The smallest absolute Gasteiger partial charge is 0.264 e. The van der Waals surface area contributed by atoms with Gasteiger partial charge in [0.2, 0.25) is 15.9 Å². The lowest BCUT2D eigenvalue weighted by atomic mass is 10.1. The van der Waals surface area contributed by atoms with Crippen LogP contribution in [0.15, 0.2) is 29.2 Å². The van der Waals surface area contributed by atoms with Crippen molar-refractivity contribution in [3.63, 3.8) is 0 Å². The molecule has 0 saturated carbocycles. The SMILES string of the molecule is CNC1CCN(C(=O)CCN(C(COC(C)(C)C)C(=O)NO)S(=O)(=O)c2ccc(OC)cc2)CC1.Cl. The molecule has 1 fully saturated rings. The monoisotopic (exact) mass is 550 g/mol. The molecule has 0 bridgehead atoms. The third-order valence-electron chi connectivity index (χ3n) is 5.90. The first-order chi connectivity index (χ1) is 16.4. The van der Waals surface area contributed by atoms with E-state index in [0.29, 0.717) is 24.9 Å². The Bertz CT molecular complexity index is 946. The summed E-state index contributed by atoms with van der Waals surface area (Å²) in [4.78, 5) is 27.1. The number of nitrogens with zero attached hydrogens (tertiary/aromatic N) is 2. The number of hydrogen-bond donors (Lipinski definition) is 3. The van der Waals surface area contributed by atoms with E-state index < -0.39 is 27.6 Å². The van der Waals surface area contributed by atoms with E-state index in [-0.39, 0.29) is 42.8 Å². The standard InChI is InChI=1S/C23H38N4O7S.ClH/c1-23(2,3)34-16-20(22(29)25-30)27(35(31,32)19-8-6-18(33-5)7-9-19)15-12-21(28)26-13-10-17(24-4)11-14-26;/h6-9,17,20,24,30H,10-16H2,1-5H3,(H,25,29);1H. The van der Waals surface area contributed by atoms with Gasteiger partial charge in [-0.1, -0.05) is 0 Å². The van der Waals surface area contributed by atoms with E-state index >= 15 is 0 Å². The third kappa shape index (κ3) is 8.86. The van der Waals surface area contributed by atoms with Gasteiger partial charge in [-0.2, -0.15) is 4.31 Å². The lowest BCUT2D eigenvalue weighted by molar-refractivity contribution is -0.138. The number of sulfonamides is 1. The summed E-state index contributed by atoms with van der Waals surface area (Å²) in [6.07, 6.45) is 1.50. The molecule has 1 aliphatic rings. The molecule has 2 amide bonds. The second kappa shape index (κ2) is 14.1. The van der Waals surface area contributed by atoms with Gasteiger partial charge in [-0.05, 0) is 64.9 Å². The van der Waals surface area contributed by atoms with Crippen LogP contribution in [-0.2, 0) is 24.3 Å². The molecule has 1 heterocycles. The molecule has 1 atom stereocenters. The van der Waals surface area contributed by atoms with Crippen LogP contribution in [0.2, 0.25) is 0 Å². The molecule has 2 rings (SSSR count). The average molecular weight is 551 g/mol. The van der Waals surface area contributed by atoms with Crippen molar-refractivity contribution in [3.8, 4) is 5.75 Å². The van der Waals surface area contributed by atoms with E-state index in [0.717, 1.165) is 17.1 Å². The number of piperidine rings is 1. The summed E-state index contributed by atoms with van der Waals surface area (Å²) in [5, 5.41) is 12.5. The first-order valence-electron chi connectivity index (χ1n) is 11.6. The molecule has 36 heavy (non-hydrogen) atoms. The van der Waals surface area contributed by atoms with Crippen molar-refractivity contribution < 1.29 is 32.7 Å². The van der Waals surface area contributed by atoms with Crippen molar-refractivity contribution in [3.05, 3.63) is 24.3 Å². The Kier molecular flexibility index (Phi) is 12.6. The molecule has 0 aliphatic carbocycles. The number of carbonyl (C=O) groups excluding carboxylic acids is 2. The molecule has 1 saturated heterocycles. The molecule has 0 spiro atoms. The highest BCUT2D eigenvalue weighted by Crippen LogP contribution is 2.23. The Morgan fingerprint density at radius 3 is 2.25 bits per heavy atom. The fraction of sp³-hybridized carbons (Fsp3) is 0.652. The predicted molar refractivity (Wildman–Crippen MR) is 137 cm³/mol. The minimum Gasteiger partial charge on any atom is -0.497 e. The Hall–Kier alpha value is -1.96. The number of ether oxygens (including phenoxy) is 2. The van der Waals surface area contributed by atoms with Crippen LogP contribution in [0, 0.1) is 0 Å². The maximum absolute atomic E-state index is 13.6. The molecule has 1 aliphatic heterocycles. The van der Waals surface area contributed by atoms with E-state index in [2.05, 4.69) is 5.32 Å². The summed E-state index contributed by atoms with van der Waals surface area (Å²) >= 11 is 0. The molecule has 1 aromatic rings. The summed E-state index contributed by atoms with van der Waals surface area (Å²) in [6.45, 7) is 5.87. The van der Waals surface area contributed by atoms with E-state index in [9.17, 15) is 23.2 Å². The predicted octanol–water partition coefficient (Wildman–Crippen LogP) is 1.40. The van der Waals surface area contributed by atoms with Gasteiger partial charge >= 0.3 is 0 Å². The maximum Gasteiger partial charge on any atom is 0.264 e. The summed E-state index contributed by atoms with van der Waals surface area (Å²) in [7, 11) is -0.893. The van der Waals surface area contributed by atoms with E-state index in [4.69, 9.17) is 9.47 Å². The highest BCUT2D eigenvalue weighted by molar-refractivity contribution is 7.89. The van der Waals surface area contributed by atoms with E-state index in [1.165, 1.54) is 36.9 Å². The second-order valence-electron chi connectivity index (χ2n) is 9.40. The zero-order valence-electron chi connectivity index (χ0n) is 21.5. The van der Waals surface area contributed by atoms with Gasteiger partial charge in [-0.15, -0.1) is 12.4 Å². The lowest BCUT2D eigenvalue weighted by Crippen LogP contribution is -2.53. The largest absolute Gasteiger partial charge is 0.497 e. The fourth-order valence-electron chi connectivity index (χ4n) is 3.80. The van der Waals surface area contributed by atoms with Crippen LogP contribution >= 0.6 is 12.4 Å². The van der Waals surface area contributed by atoms with Crippen molar-refractivity contribution in [1.29, 1.82) is 0 Å². The van der Waals surface area contributed by atoms with Gasteiger partial charge < -0.3 is 19.7 Å². The Labute approximate surface area is 219 Å². The van der Waals surface area contributed by atoms with Gasteiger partial charge in [0.15, 0.2) is 0 Å². The van der Waals surface area contributed by atoms with Gasteiger partial charge in [-0.3, -0.25) is 14.8 Å². The maximum atomic E-state index is 13.6. The summed E-state index contributed by atoms with van der Waals surface area (Å²) in [6, 6.07) is 4.67. The molecule has 1 unspecified atom stereocenters. The number of hydroxylamine groups is 1. The molecule has 0 radical (unpaired) electrons. The van der Waals surface area contributed by atoms with Gasteiger partial charge in [0, 0.05) is 32.1 Å². The Balaban J connectivity index is 0.00000648. The quantitative estimate of drug-likeness (QED) is 0.278. The van der Waals surface area contributed by atoms with Gasteiger partial charge in [-0.25, -0.2) is 13.9 Å². The molecule has 13 heteroatoms. The van der Waals surface area contributed by atoms with Gasteiger partial charge in [0.25, 0.3) is 5.91 Å². The zero-order valence-corrected chi connectivity index (χ0v) is 23.2.